The first-order valence-electron chi connectivity index (χ1n) is 7.42. The van der Waals surface area contributed by atoms with E-state index in [0.29, 0.717) is 13.0 Å². The van der Waals surface area contributed by atoms with Crippen LogP contribution in [0, 0.1) is 13.8 Å². The zero-order valence-corrected chi connectivity index (χ0v) is 13.0. The molecule has 2 aromatic heterocycles. The Bertz CT molecular complexity index is 553. The Balaban J connectivity index is 2.06. The van der Waals surface area contributed by atoms with Crippen LogP contribution in [0.2, 0.25) is 0 Å². The summed E-state index contributed by atoms with van der Waals surface area (Å²) < 4.78 is 5.36. The third-order valence-corrected chi connectivity index (χ3v) is 3.67. The molecule has 0 unspecified atom stereocenters. The number of amides is 1. The van der Waals surface area contributed by atoms with Gasteiger partial charge in [-0.15, -0.1) is 0 Å². The molecule has 0 atom stereocenters. The number of H-pyrrole nitrogens is 1. The molecule has 0 fully saturated rings. The van der Waals surface area contributed by atoms with E-state index in [1.54, 1.807) is 6.26 Å². The highest BCUT2D eigenvalue weighted by Gasteiger charge is 2.18. The maximum Gasteiger partial charge on any atom is 0.227 e. The Hall–Kier alpha value is -2.04. The van der Waals surface area contributed by atoms with Crippen LogP contribution in [-0.4, -0.2) is 27.5 Å². The van der Waals surface area contributed by atoms with Crippen LogP contribution in [-0.2, 0) is 17.8 Å². The SMILES string of the molecule is CCCCN(Cc1ccco1)C(=O)Cc1c(C)n[nH]c1C. The van der Waals surface area contributed by atoms with Crippen LogP contribution in [0.4, 0.5) is 0 Å². The normalized spacial score (nSPS) is 10.8. The topological polar surface area (TPSA) is 62.1 Å². The molecular weight excluding hydrogens is 266 g/mol. The molecule has 0 aliphatic heterocycles. The minimum absolute atomic E-state index is 0.118. The number of aromatic nitrogens is 2. The monoisotopic (exact) mass is 289 g/mol. The van der Waals surface area contributed by atoms with Crippen LogP contribution < -0.4 is 0 Å². The van der Waals surface area contributed by atoms with Crippen LogP contribution in [0.15, 0.2) is 22.8 Å². The van der Waals surface area contributed by atoms with Gasteiger partial charge in [-0.1, -0.05) is 13.3 Å². The Labute approximate surface area is 125 Å². The molecule has 1 amide bonds. The van der Waals surface area contributed by atoms with Crippen LogP contribution >= 0.6 is 0 Å². The molecule has 5 heteroatoms. The molecule has 0 saturated carbocycles. The van der Waals surface area contributed by atoms with Gasteiger partial charge < -0.3 is 9.32 Å². The van der Waals surface area contributed by atoms with E-state index in [4.69, 9.17) is 4.42 Å². The molecule has 5 nitrogen and oxygen atoms in total. The van der Waals surface area contributed by atoms with Crippen molar-refractivity contribution in [1.29, 1.82) is 0 Å². The molecule has 21 heavy (non-hydrogen) atoms. The average Bonchev–Trinajstić information content (AvgIpc) is 3.08. The Morgan fingerprint density at radius 3 is 2.81 bits per heavy atom. The maximum absolute atomic E-state index is 12.6. The molecule has 2 aromatic rings. The second-order valence-corrected chi connectivity index (χ2v) is 5.34. The maximum atomic E-state index is 12.6. The number of aromatic amines is 1. The number of hydrogen-bond donors (Lipinski definition) is 1. The van der Waals surface area contributed by atoms with Gasteiger partial charge in [-0.05, 0) is 32.4 Å². The van der Waals surface area contributed by atoms with Crippen molar-refractivity contribution in [1.82, 2.24) is 15.1 Å². The van der Waals surface area contributed by atoms with Crippen LogP contribution in [0.3, 0.4) is 0 Å². The van der Waals surface area contributed by atoms with Crippen molar-refractivity contribution in [2.45, 2.75) is 46.6 Å². The highest BCUT2D eigenvalue weighted by Crippen LogP contribution is 2.14. The Morgan fingerprint density at radius 1 is 1.43 bits per heavy atom. The Kier molecular flexibility index (Phi) is 5.20. The van der Waals surface area contributed by atoms with Gasteiger partial charge in [-0.2, -0.15) is 5.10 Å². The highest BCUT2D eigenvalue weighted by molar-refractivity contribution is 5.79. The van der Waals surface area contributed by atoms with Gasteiger partial charge in [0.15, 0.2) is 0 Å². The fourth-order valence-corrected chi connectivity index (χ4v) is 2.33. The average molecular weight is 289 g/mol. The summed E-state index contributed by atoms with van der Waals surface area (Å²) >= 11 is 0. The summed E-state index contributed by atoms with van der Waals surface area (Å²) in [6.45, 7) is 7.29. The number of carbonyl (C=O) groups is 1. The summed E-state index contributed by atoms with van der Waals surface area (Å²) in [6, 6.07) is 3.75. The summed E-state index contributed by atoms with van der Waals surface area (Å²) in [5.41, 5.74) is 2.87. The lowest BCUT2D eigenvalue weighted by molar-refractivity contribution is -0.131. The van der Waals surface area contributed by atoms with E-state index in [9.17, 15) is 4.79 Å². The summed E-state index contributed by atoms with van der Waals surface area (Å²) in [6.07, 6.45) is 4.09. The minimum atomic E-state index is 0.118. The van der Waals surface area contributed by atoms with Gasteiger partial charge in [0.2, 0.25) is 5.91 Å². The smallest absolute Gasteiger partial charge is 0.227 e. The van der Waals surface area contributed by atoms with Gasteiger partial charge in [0.05, 0.1) is 24.9 Å². The Morgan fingerprint density at radius 2 is 2.24 bits per heavy atom. The quantitative estimate of drug-likeness (QED) is 0.852. The first-order valence-corrected chi connectivity index (χ1v) is 7.42. The van der Waals surface area contributed by atoms with Crippen molar-refractivity contribution in [2.75, 3.05) is 6.54 Å². The number of carbonyl (C=O) groups excluding carboxylic acids is 1. The lowest BCUT2D eigenvalue weighted by Gasteiger charge is -2.21. The third kappa shape index (κ3) is 3.97. The van der Waals surface area contributed by atoms with E-state index in [-0.39, 0.29) is 5.91 Å². The summed E-state index contributed by atoms with van der Waals surface area (Å²) in [7, 11) is 0. The molecule has 0 aliphatic carbocycles. The summed E-state index contributed by atoms with van der Waals surface area (Å²) in [5.74, 6) is 0.938. The molecule has 0 spiro atoms. The van der Waals surface area contributed by atoms with E-state index >= 15 is 0 Å². The lowest BCUT2D eigenvalue weighted by Crippen LogP contribution is -2.32. The third-order valence-electron chi connectivity index (χ3n) is 3.67. The van der Waals surface area contributed by atoms with Crippen LogP contribution in [0.25, 0.3) is 0 Å². The predicted octanol–water partition coefficient (Wildman–Crippen LogP) is 2.99. The second kappa shape index (κ2) is 7.11. The molecule has 0 aromatic carbocycles. The van der Waals surface area contributed by atoms with Crippen LogP contribution in [0.1, 0.15) is 42.5 Å². The number of aryl methyl sites for hydroxylation is 2. The number of furan rings is 1. The van der Waals surface area contributed by atoms with E-state index in [2.05, 4.69) is 17.1 Å². The van der Waals surface area contributed by atoms with Crippen molar-refractivity contribution in [2.24, 2.45) is 0 Å². The molecule has 2 rings (SSSR count). The highest BCUT2D eigenvalue weighted by atomic mass is 16.3. The van der Waals surface area contributed by atoms with E-state index < -0.39 is 0 Å². The van der Waals surface area contributed by atoms with Gasteiger partial charge in [0.25, 0.3) is 0 Å². The fraction of sp³-hybridized carbons (Fsp3) is 0.500. The van der Waals surface area contributed by atoms with E-state index in [1.165, 1.54) is 0 Å². The van der Waals surface area contributed by atoms with Crippen molar-refractivity contribution in [3.8, 4) is 0 Å². The molecule has 2 heterocycles. The standard InChI is InChI=1S/C16H23N3O2/c1-4-5-8-19(11-14-7-6-9-21-14)16(20)10-15-12(2)17-18-13(15)3/h6-7,9H,4-5,8,10-11H2,1-3H3,(H,17,18). The van der Waals surface area contributed by atoms with Gasteiger partial charge in [-0.3, -0.25) is 9.89 Å². The zero-order valence-electron chi connectivity index (χ0n) is 13.0. The van der Waals surface area contributed by atoms with Crippen LogP contribution in [0.5, 0.6) is 0 Å². The first kappa shape index (κ1) is 15.4. The first-order chi connectivity index (χ1) is 10.1. The second-order valence-electron chi connectivity index (χ2n) is 5.34. The largest absolute Gasteiger partial charge is 0.467 e. The molecule has 114 valence electrons. The van der Waals surface area contributed by atoms with Crippen molar-refractivity contribution < 1.29 is 9.21 Å². The number of nitrogens with one attached hydrogen (secondary N) is 1. The molecule has 0 radical (unpaired) electrons. The molecule has 0 bridgehead atoms. The molecule has 1 N–H and O–H groups in total. The minimum Gasteiger partial charge on any atom is -0.467 e. The predicted molar refractivity (Wildman–Crippen MR) is 80.8 cm³/mol. The molecular formula is C16H23N3O2. The fourth-order valence-electron chi connectivity index (χ4n) is 2.33. The van der Waals surface area contributed by atoms with Crippen molar-refractivity contribution in [3.05, 3.63) is 41.1 Å². The number of nitrogens with zero attached hydrogens (tertiary/aromatic N) is 2. The van der Waals surface area contributed by atoms with E-state index in [0.717, 1.165) is 42.1 Å². The van der Waals surface area contributed by atoms with Gasteiger partial charge >= 0.3 is 0 Å². The van der Waals surface area contributed by atoms with Crippen molar-refractivity contribution >= 4 is 5.91 Å². The zero-order chi connectivity index (χ0) is 15.2. The number of rotatable bonds is 7. The number of hydrogen-bond acceptors (Lipinski definition) is 3. The van der Waals surface area contributed by atoms with Gasteiger partial charge in [0.1, 0.15) is 5.76 Å². The molecule has 0 saturated heterocycles. The van der Waals surface area contributed by atoms with E-state index in [1.807, 2.05) is 30.9 Å². The van der Waals surface area contributed by atoms with Gasteiger partial charge in [-0.25, -0.2) is 0 Å². The van der Waals surface area contributed by atoms with Gasteiger partial charge in [0, 0.05) is 17.8 Å². The molecule has 0 aliphatic rings. The lowest BCUT2D eigenvalue weighted by atomic mass is 10.1. The summed E-state index contributed by atoms with van der Waals surface area (Å²) in [4.78, 5) is 14.5. The van der Waals surface area contributed by atoms with Crippen molar-refractivity contribution in [3.63, 3.8) is 0 Å². The number of unbranched alkanes of at least 4 members (excludes halogenated alkanes) is 1. The summed E-state index contributed by atoms with van der Waals surface area (Å²) in [5, 5.41) is 7.08.